The van der Waals surface area contributed by atoms with E-state index in [0.29, 0.717) is 45.7 Å². The van der Waals surface area contributed by atoms with Gasteiger partial charge in [0.05, 0.1) is 16.8 Å². The number of thiophene rings is 1. The fraction of sp³-hybridized carbons (Fsp3) is 0.250. The van der Waals surface area contributed by atoms with Crippen molar-refractivity contribution in [2.75, 3.05) is 11.9 Å². The number of aliphatic hydroxyl groups excluding tert-OH is 1. The summed E-state index contributed by atoms with van der Waals surface area (Å²) >= 11 is 5.12. The van der Waals surface area contributed by atoms with Crippen LogP contribution in [0.5, 0.6) is 0 Å². The van der Waals surface area contributed by atoms with Gasteiger partial charge in [0.2, 0.25) is 0 Å². The number of hydrogen-bond acceptors (Lipinski definition) is 7. The number of rotatable bonds is 6. The highest BCUT2D eigenvalue weighted by molar-refractivity contribution is 9.10. The van der Waals surface area contributed by atoms with Gasteiger partial charge >= 0.3 is 0 Å². The van der Waals surface area contributed by atoms with E-state index in [1.807, 2.05) is 17.5 Å². The summed E-state index contributed by atoms with van der Waals surface area (Å²) in [6.07, 6.45) is 0.375. The molecule has 0 saturated heterocycles. The standard InChI is InChI=1S/C16H15BrN4O2S/c17-14-13(4-9(19)8-22)23-16-12(5-10(6-18)21-15(14)16)20-7-11-2-1-3-24-11/h1-3,5,9,22H,4,7-8,19H2,(H,20,21)/t9-/m1/s1. The molecule has 3 rings (SSSR count). The Morgan fingerprint density at radius 1 is 1.54 bits per heavy atom. The molecule has 3 aromatic heterocycles. The van der Waals surface area contributed by atoms with E-state index in [0.717, 1.165) is 0 Å². The Morgan fingerprint density at radius 3 is 3.04 bits per heavy atom. The van der Waals surface area contributed by atoms with E-state index in [4.69, 9.17) is 15.3 Å². The zero-order valence-corrected chi connectivity index (χ0v) is 15.0. The number of aromatic nitrogens is 1. The molecule has 0 aliphatic carbocycles. The number of nitriles is 1. The number of anilines is 1. The Kier molecular flexibility index (Phi) is 5.16. The quantitative estimate of drug-likeness (QED) is 0.580. The molecule has 8 heteroatoms. The highest BCUT2D eigenvalue weighted by Crippen LogP contribution is 2.35. The van der Waals surface area contributed by atoms with Gasteiger partial charge in [-0.1, -0.05) is 6.07 Å². The van der Waals surface area contributed by atoms with Crippen molar-refractivity contribution in [3.63, 3.8) is 0 Å². The van der Waals surface area contributed by atoms with Crippen LogP contribution < -0.4 is 11.1 Å². The molecular weight excluding hydrogens is 392 g/mol. The van der Waals surface area contributed by atoms with Crippen molar-refractivity contribution in [1.29, 1.82) is 5.26 Å². The van der Waals surface area contributed by atoms with Gasteiger partial charge < -0.3 is 20.6 Å². The maximum Gasteiger partial charge on any atom is 0.177 e. The number of hydrogen-bond donors (Lipinski definition) is 3. The first-order valence-electron chi connectivity index (χ1n) is 7.27. The summed E-state index contributed by atoms with van der Waals surface area (Å²) in [7, 11) is 0. The predicted octanol–water partition coefficient (Wildman–Crippen LogP) is 3.00. The van der Waals surface area contributed by atoms with Gasteiger partial charge in [0.25, 0.3) is 0 Å². The molecule has 0 unspecified atom stereocenters. The zero-order chi connectivity index (χ0) is 17.1. The highest BCUT2D eigenvalue weighted by Gasteiger charge is 2.19. The van der Waals surface area contributed by atoms with Crippen LogP contribution in [0.1, 0.15) is 16.3 Å². The Bertz CT molecular complexity index is 886. The average Bonchev–Trinajstić information content (AvgIpc) is 3.22. The van der Waals surface area contributed by atoms with E-state index < -0.39 is 6.04 Å². The topological polar surface area (TPSA) is 108 Å². The number of nitrogens with zero attached hydrogens (tertiary/aromatic N) is 2. The van der Waals surface area contributed by atoms with E-state index >= 15 is 0 Å². The van der Waals surface area contributed by atoms with E-state index in [2.05, 4.69) is 32.3 Å². The van der Waals surface area contributed by atoms with Crippen molar-refractivity contribution >= 4 is 44.1 Å². The van der Waals surface area contributed by atoms with Gasteiger partial charge in [0.15, 0.2) is 5.58 Å². The Hall–Kier alpha value is -1.92. The maximum absolute atomic E-state index is 9.22. The molecule has 3 heterocycles. The van der Waals surface area contributed by atoms with Gasteiger partial charge in [-0.3, -0.25) is 0 Å². The third-order valence-electron chi connectivity index (χ3n) is 3.48. The minimum atomic E-state index is -0.417. The number of furan rings is 1. The van der Waals surface area contributed by atoms with Gasteiger partial charge in [0, 0.05) is 30.0 Å². The molecule has 0 aliphatic heterocycles. The second-order valence-corrected chi connectivity index (χ2v) is 7.09. The van der Waals surface area contributed by atoms with E-state index in [1.165, 1.54) is 4.88 Å². The molecule has 0 bridgehead atoms. The summed E-state index contributed by atoms with van der Waals surface area (Å²) in [4.78, 5) is 5.48. The number of aliphatic hydroxyl groups is 1. The van der Waals surface area contributed by atoms with E-state index in [-0.39, 0.29) is 6.61 Å². The number of fused-ring (bicyclic) bond motifs is 1. The highest BCUT2D eigenvalue weighted by atomic mass is 79.9. The smallest absolute Gasteiger partial charge is 0.177 e. The summed E-state index contributed by atoms with van der Waals surface area (Å²) < 4.78 is 6.57. The second kappa shape index (κ2) is 7.32. The molecule has 0 spiro atoms. The van der Waals surface area contributed by atoms with Crippen LogP contribution in [0.25, 0.3) is 11.1 Å². The lowest BCUT2D eigenvalue weighted by Crippen LogP contribution is -2.26. The van der Waals surface area contributed by atoms with Crippen LogP contribution in [-0.4, -0.2) is 22.7 Å². The summed E-state index contributed by atoms with van der Waals surface area (Å²) in [5.41, 5.74) is 7.94. The van der Waals surface area contributed by atoms with Crippen LogP contribution in [0, 0.1) is 11.3 Å². The van der Waals surface area contributed by atoms with Gasteiger partial charge in [-0.15, -0.1) is 11.3 Å². The minimum absolute atomic E-state index is 0.135. The van der Waals surface area contributed by atoms with Crippen LogP contribution in [0.2, 0.25) is 0 Å². The Balaban J connectivity index is 2.00. The lowest BCUT2D eigenvalue weighted by atomic mass is 10.2. The van der Waals surface area contributed by atoms with Gasteiger partial charge in [0.1, 0.15) is 23.0 Å². The molecule has 0 aromatic carbocycles. The molecule has 0 saturated carbocycles. The van der Waals surface area contributed by atoms with Crippen LogP contribution in [0.4, 0.5) is 5.69 Å². The van der Waals surface area contributed by atoms with Gasteiger partial charge in [-0.05, 0) is 27.4 Å². The fourth-order valence-corrected chi connectivity index (χ4v) is 3.46. The molecule has 0 aliphatic rings. The van der Waals surface area contributed by atoms with Crippen molar-refractivity contribution in [2.24, 2.45) is 5.73 Å². The molecule has 3 aromatic rings. The number of halogens is 1. The van der Waals surface area contributed by atoms with Crippen molar-refractivity contribution in [1.82, 2.24) is 4.98 Å². The first-order valence-corrected chi connectivity index (χ1v) is 8.94. The lowest BCUT2D eigenvalue weighted by molar-refractivity contribution is 0.260. The molecule has 1 atom stereocenters. The maximum atomic E-state index is 9.22. The molecule has 0 amide bonds. The van der Waals surface area contributed by atoms with Gasteiger partial charge in [-0.25, -0.2) is 4.98 Å². The van der Waals surface area contributed by atoms with Crippen molar-refractivity contribution < 1.29 is 9.52 Å². The van der Waals surface area contributed by atoms with Crippen molar-refractivity contribution in [3.8, 4) is 6.07 Å². The normalized spacial score (nSPS) is 12.2. The number of pyridine rings is 1. The second-order valence-electron chi connectivity index (χ2n) is 5.26. The van der Waals surface area contributed by atoms with Crippen LogP contribution >= 0.6 is 27.3 Å². The molecule has 24 heavy (non-hydrogen) atoms. The zero-order valence-electron chi connectivity index (χ0n) is 12.6. The predicted molar refractivity (Wildman–Crippen MR) is 96.8 cm³/mol. The summed E-state index contributed by atoms with van der Waals surface area (Å²) in [5, 5.41) is 23.7. The third-order valence-corrected chi connectivity index (χ3v) is 5.17. The number of nitrogens with one attached hydrogen (secondary N) is 1. The molecular formula is C16H15BrN4O2S. The summed E-state index contributed by atoms with van der Waals surface area (Å²) in [6.45, 7) is 0.495. The Labute approximate surface area is 151 Å². The summed E-state index contributed by atoms with van der Waals surface area (Å²) in [5.74, 6) is 0.605. The summed E-state index contributed by atoms with van der Waals surface area (Å²) in [6, 6.07) is 7.34. The lowest BCUT2D eigenvalue weighted by Gasteiger charge is -2.06. The van der Waals surface area contributed by atoms with E-state index in [9.17, 15) is 5.26 Å². The molecule has 124 valence electrons. The number of nitrogens with two attached hydrogens (primary N) is 1. The minimum Gasteiger partial charge on any atom is -0.456 e. The molecule has 0 radical (unpaired) electrons. The Morgan fingerprint density at radius 2 is 2.38 bits per heavy atom. The molecule has 4 N–H and O–H groups in total. The SMILES string of the molecule is N#Cc1cc(NCc2cccs2)c2oc(C[C@@H](N)CO)c(Br)c2n1. The third kappa shape index (κ3) is 3.44. The van der Waals surface area contributed by atoms with E-state index in [1.54, 1.807) is 17.4 Å². The van der Waals surface area contributed by atoms with Crippen LogP contribution in [0.3, 0.4) is 0 Å². The molecule has 6 nitrogen and oxygen atoms in total. The van der Waals surface area contributed by atoms with Crippen molar-refractivity contribution in [2.45, 2.75) is 19.0 Å². The van der Waals surface area contributed by atoms with Gasteiger partial charge in [-0.2, -0.15) is 5.26 Å². The van der Waals surface area contributed by atoms with Crippen LogP contribution in [-0.2, 0) is 13.0 Å². The van der Waals surface area contributed by atoms with Crippen molar-refractivity contribution in [3.05, 3.63) is 44.4 Å². The fourth-order valence-electron chi connectivity index (χ4n) is 2.30. The largest absolute Gasteiger partial charge is 0.456 e. The average molecular weight is 407 g/mol. The first-order chi connectivity index (χ1) is 11.6. The first kappa shape index (κ1) is 16.9. The molecule has 0 fully saturated rings. The monoisotopic (exact) mass is 406 g/mol. The van der Waals surface area contributed by atoms with Crippen LogP contribution in [0.15, 0.2) is 32.5 Å².